The van der Waals surface area contributed by atoms with Crippen LogP contribution in [-0.4, -0.2) is 16.3 Å². The van der Waals surface area contributed by atoms with Crippen molar-refractivity contribution in [3.05, 3.63) is 48.3 Å². The fraction of sp³-hybridized carbons (Fsp3) is 0.333. The number of benzene rings is 1. The summed E-state index contributed by atoms with van der Waals surface area (Å²) in [6.45, 7) is 5.16. The molecule has 0 aliphatic heterocycles. The molecular weight excluding hydrogens is 236 g/mol. The van der Waals surface area contributed by atoms with Gasteiger partial charge in [0.25, 0.3) is 0 Å². The molecule has 98 valence electrons. The minimum atomic E-state index is -0.345. The van der Waals surface area contributed by atoms with Gasteiger partial charge in [-0.3, -0.25) is 0 Å². The summed E-state index contributed by atoms with van der Waals surface area (Å²) in [7, 11) is 0. The molecule has 0 saturated heterocycles. The summed E-state index contributed by atoms with van der Waals surface area (Å²) in [6, 6.07) is 14.3. The molecule has 0 radical (unpaired) electrons. The Hall–Kier alpha value is -2.12. The summed E-state index contributed by atoms with van der Waals surface area (Å²) in [6.07, 6.45) is 1.95. The average molecular weight is 254 g/mol. The molecule has 1 N–H and O–H groups in total. The van der Waals surface area contributed by atoms with Crippen molar-refractivity contribution in [1.82, 2.24) is 15.1 Å². The van der Waals surface area contributed by atoms with Crippen LogP contribution >= 0.6 is 0 Å². The van der Waals surface area contributed by atoms with Gasteiger partial charge in [0, 0.05) is 19.3 Å². The van der Waals surface area contributed by atoms with E-state index in [2.05, 4.69) is 16.5 Å². The maximum atomic E-state index is 8.93. The molecule has 0 atom stereocenters. The second-order valence-corrected chi connectivity index (χ2v) is 5.19. The number of nitrogens with one attached hydrogen (secondary N) is 1. The number of aromatic nitrogens is 2. The fourth-order valence-electron chi connectivity index (χ4n) is 1.72. The molecule has 1 aromatic heterocycles. The summed E-state index contributed by atoms with van der Waals surface area (Å²) in [5.41, 5.74) is 1.67. The predicted octanol–water partition coefficient (Wildman–Crippen LogP) is 2.51. The first-order valence-corrected chi connectivity index (χ1v) is 6.33. The van der Waals surface area contributed by atoms with E-state index in [1.807, 2.05) is 61.1 Å². The lowest BCUT2D eigenvalue weighted by Crippen LogP contribution is -2.27. The van der Waals surface area contributed by atoms with Crippen LogP contribution in [0.5, 0.6) is 0 Å². The smallest absolute Gasteiger partial charge is 0.0766 e. The molecule has 1 aromatic carbocycles. The zero-order valence-corrected chi connectivity index (χ0v) is 11.3. The average Bonchev–Trinajstić information content (AvgIpc) is 2.88. The molecule has 0 fully saturated rings. The first-order chi connectivity index (χ1) is 9.11. The molecule has 0 amide bonds. The minimum Gasteiger partial charge on any atom is -0.310 e. The van der Waals surface area contributed by atoms with Gasteiger partial charge in [-0.2, -0.15) is 10.4 Å². The normalized spacial score (nSPS) is 11.2. The van der Waals surface area contributed by atoms with Gasteiger partial charge in [0.05, 0.1) is 22.9 Å². The number of rotatable bonds is 5. The maximum Gasteiger partial charge on any atom is 0.0766 e. The summed E-state index contributed by atoms with van der Waals surface area (Å²) < 4.78 is 1.85. The van der Waals surface area contributed by atoms with Crippen LogP contribution in [0, 0.1) is 16.7 Å². The Bertz CT molecular complexity index is 563. The maximum absolute atomic E-state index is 8.93. The quantitative estimate of drug-likeness (QED) is 0.892. The molecule has 0 unspecified atom stereocenters. The third-order valence-corrected chi connectivity index (χ3v) is 2.84. The Morgan fingerprint density at radius 3 is 2.68 bits per heavy atom. The van der Waals surface area contributed by atoms with E-state index in [-0.39, 0.29) is 5.41 Å². The van der Waals surface area contributed by atoms with Crippen molar-refractivity contribution in [1.29, 1.82) is 5.26 Å². The van der Waals surface area contributed by atoms with Crippen LogP contribution < -0.4 is 5.32 Å². The van der Waals surface area contributed by atoms with Gasteiger partial charge in [-0.15, -0.1) is 0 Å². The Morgan fingerprint density at radius 2 is 2.00 bits per heavy atom. The van der Waals surface area contributed by atoms with Crippen LogP contribution in [0.15, 0.2) is 42.6 Å². The summed E-state index contributed by atoms with van der Waals surface area (Å²) >= 11 is 0. The molecule has 0 saturated carbocycles. The molecule has 1 heterocycles. The zero-order chi connectivity index (χ0) is 13.7. The first-order valence-electron chi connectivity index (χ1n) is 6.33. The third kappa shape index (κ3) is 3.67. The van der Waals surface area contributed by atoms with Crippen LogP contribution in [0.4, 0.5) is 0 Å². The summed E-state index contributed by atoms with van der Waals surface area (Å²) in [5, 5.41) is 16.7. The van der Waals surface area contributed by atoms with Gasteiger partial charge >= 0.3 is 0 Å². The van der Waals surface area contributed by atoms with Crippen molar-refractivity contribution >= 4 is 0 Å². The molecule has 4 nitrogen and oxygen atoms in total. The highest BCUT2D eigenvalue weighted by Crippen LogP contribution is 2.11. The van der Waals surface area contributed by atoms with Gasteiger partial charge in [0.1, 0.15) is 0 Å². The molecular formula is C15H18N4. The van der Waals surface area contributed by atoms with E-state index >= 15 is 0 Å². The number of hydrogen-bond acceptors (Lipinski definition) is 3. The monoisotopic (exact) mass is 254 g/mol. The van der Waals surface area contributed by atoms with Crippen LogP contribution in [-0.2, 0) is 6.54 Å². The molecule has 0 aliphatic carbocycles. The van der Waals surface area contributed by atoms with Crippen molar-refractivity contribution < 1.29 is 0 Å². The Morgan fingerprint density at radius 1 is 1.26 bits per heavy atom. The van der Waals surface area contributed by atoms with Gasteiger partial charge in [0.15, 0.2) is 0 Å². The zero-order valence-electron chi connectivity index (χ0n) is 11.3. The largest absolute Gasteiger partial charge is 0.310 e. The molecule has 0 bridgehead atoms. The van der Waals surface area contributed by atoms with Crippen LogP contribution in [0.3, 0.4) is 0 Å². The van der Waals surface area contributed by atoms with Crippen molar-refractivity contribution in [3.8, 4) is 11.8 Å². The number of nitriles is 1. The third-order valence-electron chi connectivity index (χ3n) is 2.84. The SMILES string of the molecule is CC(C)(C#N)CNCc1ccn(-c2ccccc2)n1. The Balaban J connectivity index is 1.94. The molecule has 2 aromatic rings. The highest BCUT2D eigenvalue weighted by molar-refractivity contribution is 5.30. The first kappa shape index (κ1) is 13.3. The highest BCUT2D eigenvalue weighted by atomic mass is 15.3. The Kier molecular flexibility index (Phi) is 3.98. The van der Waals surface area contributed by atoms with Crippen LogP contribution in [0.1, 0.15) is 19.5 Å². The van der Waals surface area contributed by atoms with Gasteiger partial charge in [0.2, 0.25) is 0 Å². The molecule has 0 spiro atoms. The fourth-order valence-corrected chi connectivity index (χ4v) is 1.72. The minimum absolute atomic E-state index is 0.345. The van der Waals surface area contributed by atoms with Gasteiger partial charge in [-0.05, 0) is 32.0 Å². The van der Waals surface area contributed by atoms with Gasteiger partial charge < -0.3 is 5.32 Å². The van der Waals surface area contributed by atoms with E-state index < -0.39 is 0 Å². The van der Waals surface area contributed by atoms with Gasteiger partial charge in [-0.1, -0.05) is 18.2 Å². The van der Waals surface area contributed by atoms with E-state index in [1.54, 1.807) is 0 Å². The molecule has 4 heteroatoms. The van der Waals surface area contributed by atoms with E-state index in [0.717, 1.165) is 11.4 Å². The summed E-state index contributed by atoms with van der Waals surface area (Å²) in [5.74, 6) is 0. The van der Waals surface area contributed by atoms with E-state index in [9.17, 15) is 0 Å². The van der Waals surface area contributed by atoms with E-state index in [4.69, 9.17) is 5.26 Å². The van der Waals surface area contributed by atoms with Crippen LogP contribution in [0.2, 0.25) is 0 Å². The molecule has 0 aliphatic rings. The lowest BCUT2D eigenvalue weighted by Gasteiger charge is -2.14. The highest BCUT2D eigenvalue weighted by Gasteiger charge is 2.15. The van der Waals surface area contributed by atoms with E-state index in [1.165, 1.54) is 0 Å². The predicted molar refractivity (Wildman–Crippen MR) is 74.7 cm³/mol. The van der Waals surface area contributed by atoms with E-state index in [0.29, 0.717) is 13.1 Å². The van der Waals surface area contributed by atoms with Crippen molar-refractivity contribution in [2.45, 2.75) is 20.4 Å². The van der Waals surface area contributed by atoms with Crippen LogP contribution in [0.25, 0.3) is 5.69 Å². The standard InChI is InChI=1S/C15H18N4/c1-15(2,11-16)12-17-10-13-8-9-19(18-13)14-6-4-3-5-7-14/h3-9,17H,10,12H2,1-2H3. The number of nitrogens with zero attached hydrogens (tertiary/aromatic N) is 3. The topological polar surface area (TPSA) is 53.6 Å². The number of hydrogen-bond donors (Lipinski definition) is 1. The van der Waals surface area contributed by atoms with Crippen molar-refractivity contribution in [3.63, 3.8) is 0 Å². The molecule has 2 rings (SSSR count). The summed E-state index contributed by atoms with van der Waals surface area (Å²) in [4.78, 5) is 0. The van der Waals surface area contributed by atoms with Gasteiger partial charge in [-0.25, -0.2) is 4.68 Å². The lowest BCUT2D eigenvalue weighted by molar-refractivity contribution is 0.443. The molecule has 19 heavy (non-hydrogen) atoms. The second-order valence-electron chi connectivity index (χ2n) is 5.19. The second kappa shape index (κ2) is 5.68. The Labute approximate surface area is 113 Å². The lowest BCUT2D eigenvalue weighted by atomic mass is 9.96. The van der Waals surface area contributed by atoms with Crippen molar-refractivity contribution in [2.24, 2.45) is 5.41 Å². The number of para-hydroxylation sites is 1. The van der Waals surface area contributed by atoms with Crippen molar-refractivity contribution in [2.75, 3.05) is 6.54 Å².